The Kier molecular flexibility index (Phi) is 3.71. The molecule has 2 aromatic carbocycles. The topological polar surface area (TPSA) is 38.9 Å². The fraction of sp³-hybridized carbons (Fsp3) is 0.118. The van der Waals surface area contributed by atoms with E-state index in [1.807, 2.05) is 37.3 Å². The van der Waals surface area contributed by atoms with Gasteiger partial charge in [-0.1, -0.05) is 24.3 Å². The summed E-state index contributed by atoms with van der Waals surface area (Å²) >= 11 is 1.61. The van der Waals surface area contributed by atoms with Crippen LogP contribution >= 0.6 is 11.3 Å². The number of benzene rings is 2. The number of aryl methyl sites for hydroxylation is 1. The van der Waals surface area contributed by atoms with Crippen molar-refractivity contribution < 1.29 is 4.39 Å². The van der Waals surface area contributed by atoms with E-state index in [9.17, 15) is 4.39 Å². The van der Waals surface area contributed by atoms with Gasteiger partial charge in [-0.05, 0) is 36.8 Å². The van der Waals surface area contributed by atoms with Crippen LogP contribution in [0.2, 0.25) is 0 Å². The van der Waals surface area contributed by atoms with Crippen molar-refractivity contribution in [2.75, 3.05) is 5.73 Å². The molecule has 1 heterocycles. The fourth-order valence-electron chi connectivity index (χ4n) is 2.24. The molecule has 0 aliphatic rings. The summed E-state index contributed by atoms with van der Waals surface area (Å²) in [6.07, 6.45) is 0.736. The highest BCUT2D eigenvalue weighted by Gasteiger charge is 2.13. The number of thiazole rings is 1. The molecular weight excluding hydrogens is 283 g/mol. The van der Waals surface area contributed by atoms with Crippen LogP contribution in [0.15, 0.2) is 48.5 Å². The van der Waals surface area contributed by atoms with E-state index in [0.29, 0.717) is 5.56 Å². The van der Waals surface area contributed by atoms with Crippen LogP contribution in [-0.4, -0.2) is 4.98 Å². The molecule has 0 fully saturated rings. The normalized spacial score (nSPS) is 10.8. The minimum atomic E-state index is -0.232. The number of hydrogen-bond acceptors (Lipinski definition) is 3. The van der Waals surface area contributed by atoms with Crippen LogP contribution in [0, 0.1) is 12.7 Å². The molecule has 4 heteroatoms. The molecule has 0 atom stereocenters. The maximum Gasteiger partial charge on any atom is 0.132 e. The van der Waals surface area contributed by atoms with E-state index < -0.39 is 0 Å². The highest BCUT2D eigenvalue weighted by Crippen LogP contribution is 2.30. The first-order chi connectivity index (χ1) is 10.1. The van der Waals surface area contributed by atoms with Crippen LogP contribution in [0.3, 0.4) is 0 Å². The molecule has 21 heavy (non-hydrogen) atoms. The Hall–Kier alpha value is -2.20. The Morgan fingerprint density at radius 1 is 1.10 bits per heavy atom. The van der Waals surface area contributed by atoms with Gasteiger partial charge in [0.15, 0.2) is 0 Å². The second kappa shape index (κ2) is 5.66. The van der Waals surface area contributed by atoms with Gasteiger partial charge >= 0.3 is 0 Å². The molecule has 0 spiro atoms. The quantitative estimate of drug-likeness (QED) is 0.726. The summed E-state index contributed by atoms with van der Waals surface area (Å²) in [5, 5.41) is 0.982. The second-order valence-electron chi connectivity index (χ2n) is 4.91. The van der Waals surface area contributed by atoms with Crippen molar-refractivity contribution in [3.63, 3.8) is 0 Å². The van der Waals surface area contributed by atoms with Crippen LogP contribution in [0.5, 0.6) is 0 Å². The number of aromatic nitrogens is 1. The van der Waals surface area contributed by atoms with Crippen molar-refractivity contribution in [2.45, 2.75) is 13.3 Å². The molecule has 3 aromatic rings. The zero-order valence-corrected chi connectivity index (χ0v) is 12.5. The van der Waals surface area contributed by atoms with Gasteiger partial charge in [-0.3, -0.25) is 0 Å². The number of halogens is 1. The Balaban J connectivity index is 1.91. The molecule has 0 bridgehead atoms. The van der Waals surface area contributed by atoms with Gasteiger partial charge in [0.2, 0.25) is 0 Å². The Morgan fingerprint density at radius 2 is 1.81 bits per heavy atom. The van der Waals surface area contributed by atoms with E-state index in [-0.39, 0.29) is 5.82 Å². The summed E-state index contributed by atoms with van der Waals surface area (Å²) in [5.74, 6) is -0.232. The van der Waals surface area contributed by atoms with Crippen LogP contribution in [0.25, 0.3) is 11.3 Å². The van der Waals surface area contributed by atoms with Crippen molar-refractivity contribution in [1.29, 1.82) is 0 Å². The zero-order valence-electron chi connectivity index (χ0n) is 11.6. The van der Waals surface area contributed by atoms with Crippen LogP contribution < -0.4 is 5.73 Å². The molecule has 3 rings (SSSR count). The van der Waals surface area contributed by atoms with Gasteiger partial charge < -0.3 is 5.73 Å². The van der Waals surface area contributed by atoms with Crippen LogP contribution in [-0.2, 0) is 6.42 Å². The van der Waals surface area contributed by atoms with Crippen molar-refractivity contribution in [1.82, 2.24) is 4.98 Å². The number of hydrogen-bond donors (Lipinski definition) is 1. The molecule has 0 radical (unpaired) electrons. The number of nitrogens with zero attached hydrogens (tertiary/aromatic N) is 1. The minimum absolute atomic E-state index is 0.232. The summed E-state index contributed by atoms with van der Waals surface area (Å²) in [4.78, 5) is 5.64. The van der Waals surface area contributed by atoms with Crippen LogP contribution in [0.1, 0.15) is 15.4 Å². The van der Waals surface area contributed by atoms with E-state index in [1.54, 1.807) is 23.5 Å². The fourth-order valence-corrected chi connectivity index (χ4v) is 3.22. The SMILES string of the molecule is Cc1sc(Cc2ccc(N)cc2)nc1-c1ccccc1F. The molecular formula is C17H15FN2S. The van der Waals surface area contributed by atoms with Gasteiger partial charge in [0.25, 0.3) is 0 Å². The maximum atomic E-state index is 13.9. The standard InChI is InChI=1S/C17H15FN2S/c1-11-17(14-4-2-3-5-15(14)18)20-16(21-11)10-12-6-8-13(19)9-7-12/h2-9H,10,19H2,1H3. The monoisotopic (exact) mass is 298 g/mol. The van der Waals surface area contributed by atoms with Gasteiger partial charge in [0, 0.05) is 22.5 Å². The molecule has 1 aromatic heterocycles. The highest BCUT2D eigenvalue weighted by molar-refractivity contribution is 7.12. The highest BCUT2D eigenvalue weighted by atomic mass is 32.1. The van der Waals surface area contributed by atoms with E-state index in [4.69, 9.17) is 5.73 Å². The largest absolute Gasteiger partial charge is 0.399 e. The molecule has 2 N–H and O–H groups in total. The van der Waals surface area contributed by atoms with E-state index in [0.717, 1.165) is 33.3 Å². The maximum absolute atomic E-state index is 13.9. The van der Waals surface area contributed by atoms with E-state index >= 15 is 0 Å². The third-order valence-corrected chi connectivity index (χ3v) is 4.28. The van der Waals surface area contributed by atoms with Gasteiger partial charge in [-0.15, -0.1) is 11.3 Å². The molecule has 2 nitrogen and oxygen atoms in total. The molecule has 106 valence electrons. The van der Waals surface area contributed by atoms with Crippen molar-refractivity contribution >= 4 is 17.0 Å². The molecule has 0 amide bonds. The molecule has 0 saturated heterocycles. The lowest BCUT2D eigenvalue weighted by Crippen LogP contribution is -1.90. The molecule has 0 saturated carbocycles. The van der Waals surface area contributed by atoms with Gasteiger partial charge in [-0.2, -0.15) is 0 Å². The number of anilines is 1. The third kappa shape index (κ3) is 2.95. The lowest BCUT2D eigenvalue weighted by Gasteiger charge is -2.00. The first-order valence-corrected chi connectivity index (χ1v) is 7.51. The van der Waals surface area contributed by atoms with Crippen LogP contribution in [0.4, 0.5) is 10.1 Å². The summed E-state index contributed by atoms with van der Waals surface area (Å²) in [5.41, 5.74) is 8.89. The average molecular weight is 298 g/mol. The van der Waals surface area contributed by atoms with Crippen molar-refractivity contribution in [3.8, 4) is 11.3 Å². The number of nitrogens with two attached hydrogens (primary N) is 1. The summed E-state index contributed by atoms with van der Waals surface area (Å²) in [6, 6.07) is 14.5. The number of nitrogen functional groups attached to an aromatic ring is 1. The first kappa shape index (κ1) is 13.8. The van der Waals surface area contributed by atoms with E-state index in [2.05, 4.69) is 4.98 Å². The van der Waals surface area contributed by atoms with Gasteiger partial charge in [0.05, 0.1) is 10.7 Å². The lowest BCUT2D eigenvalue weighted by molar-refractivity contribution is 0.630. The first-order valence-electron chi connectivity index (χ1n) is 6.69. The van der Waals surface area contributed by atoms with Crippen molar-refractivity contribution in [3.05, 3.63) is 69.8 Å². The average Bonchev–Trinajstić information content (AvgIpc) is 2.83. The molecule has 0 unspecified atom stereocenters. The Bertz CT molecular complexity index is 763. The second-order valence-corrected chi connectivity index (χ2v) is 6.20. The third-order valence-electron chi connectivity index (χ3n) is 3.30. The number of rotatable bonds is 3. The smallest absolute Gasteiger partial charge is 0.132 e. The summed E-state index contributed by atoms with van der Waals surface area (Å²) in [7, 11) is 0. The van der Waals surface area contributed by atoms with Gasteiger partial charge in [0.1, 0.15) is 5.82 Å². The summed E-state index contributed by atoms with van der Waals surface area (Å²) in [6.45, 7) is 1.98. The summed E-state index contributed by atoms with van der Waals surface area (Å²) < 4.78 is 13.9. The van der Waals surface area contributed by atoms with E-state index in [1.165, 1.54) is 6.07 Å². The molecule has 0 aliphatic heterocycles. The minimum Gasteiger partial charge on any atom is -0.399 e. The molecule has 0 aliphatic carbocycles. The Morgan fingerprint density at radius 3 is 2.52 bits per heavy atom. The van der Waals surface area contributed by atoms with Crippen molar-refractivity contribution in [2.24, 2.45) is 0 Å². The lowest BCUT2D eigenvalue weighted by atomic mass is 10.1. The zero-order chi connectivity index (χ0) is 14.8. The van der Waals surface area contributed by atoms with Gasteiger partial charge in [-0.25, -0.2) is 9.37 Å². The predicted molar refractivity (Wildman–Crippen MR) is 85.9 cm³/mol. The predicted octanol–water partition coefficient (Wildman–Crippen LogP) is 4.43. The Labute approximate surface area is 127 Å².